The number of esters is 1. The summed E-state index contributed by atoms with van der Waals surface area (Å²) in [6.07, 6.45) is 0.717. The first-order valence-corrected chi connectivity index (χ1v) is 8.94. The van der Waals surface area contributed by atoms with E-state index in [4.69, 9.17) is 16.3 Å². The lowest BCUT2D eigenvalue weighted by molar-refractivity contribution is -0.147. The van der Waals surface area contributed by atoms with Crippen LogP contribution in [0.4, 0.5) is 11.4 Å². The molecule has 142 valence electrons. The minimum Gasteiger partial charge on any atom is -0.456 e. The van der Waals surface area contributed by atoms with Crippen molar-refractivity contribution in [3.05, 3.63) is 59.1 Å². The minimum absolute atomic E-state index is 0.0653. The van der Waals surface area contributed by atoms with Crippen LogP contribution in [0.3, 0.4) is 0 Å². The van der Waals surface area contributed by atoms with E-state index in [9.17, 15) is 14.4 Å². The van der Waals surface area contributed by atoms with Gasteiger partial charge in [0.05, 0.1) is 17.1 Å². The molecular formula is C20H21ClN2O4. The second-order valence-corrected chi connectivity index (χ2v) is 6.19. The van der Waals surface area contributed by atoms with Crippen molar-refractivity contribution in [1.82, 2.24) is 0 Å². The van der Waals surface area contributed by atoms with E-state index < -0.39 is 18.5 Å². The maximum atomic E-state index is 11.8. The number of halogens is 1. The van der Waals surface area contributed by atoms with E-state index in [1.807, 2.05) is 19.1 Å². The first-order chi connectivity index (χ1) is 13.0. The topological polar surface area (TPSA) is 84.5 Å². The van der Waals surface area contributed by atoms with Gasteiger partial charge in [0.15, 0.2) is 6.61 Å². The molecule has 7 heteroatoms. The molecular weight excluding hydrogens is 368 g/mol. The average Bonchev–Trinajstić information content (AvgIpc) is 2.67. The van der Waals surface area contributed by atoms with Crippen LogP contribution in [0, 0.1) is 0 Å². The molecule has 27 heavy (non-hydrogen) atoms. The van der Waals surface area contributed by atoms with Gasteiger partial charge in [0.2, 0.25) is 5.91 Å². The van der Waals surface area contributed by atoms with E-state index in [2.05, 4.69) is 10.6 Å². The fraction of sp³-hybridized carbons (Fsp3) is 0.250. The molecule has 0 aromatic heterocycles. The number of carbonyl (C=O) groups is 3. The number of carbonyl (C=O) groups excluding carboxylic acids is 3. The van der Waals surface area contributed by atoms with E-state index in [0.717, 1.165) is 12.0 Å². The molecule has 0 atom stereocenters. The fourth-order valence-electron chi connectivity index (χ4n) is 2.23. The van der Waals surface area contributed by atoms with Crippen LogP contribution in [0.5, 0.6) is 0 Å². The van der Waals surface area contributed by atoms with E-state index in [0.29, 0.717) is 16.4 Å². The summed E-state index contributed by atoms with van der Waals surface area (Å²) in [6, 6.07) is 14.2. The number of ether oxygens (including phenoxy) is 1. The van der Waals surface area contributed by atoms with Gasteiger partial charge in [-0.25, -0.2) is 0 Å². The van der Waals surface area contributed by atoms with Crippen LogP contribution < -0.4 is 10.6 Å². The smallest absolute Gasteiger partial charge is 0.306 e. The van der Waals surface area contributed by atoms with Gasteiger partial charge in [-0.3, -0.25) is 14.4 Å². The Morgan fingerprint density at radius 2 is 1.63 bits per heavy atom. The highest BCUT2D eigenvalue weighted by atomic mass is 35.5. The van der Waals surface area contributed by atoms with Crippen LogP contribution in [-0.4, -0.2) is 24.4 Å². The third-order valence-corrected chi connectivity index (χ3v) is 4.04. The largest absolute Gasteiger partial charge is 0.456 e. The molecule has 2 rings (SSSR count). The number of rotatable bonds is 8. The lowest BCUT2D eigenvalue weighted by Gasteiger charge is -2.08. The Morgan fingerprint density at radius 3 is 2.30 bits per heavy atom. The van der Waals surface area contributed by atoms with Crippen molar-refractivity contribution in [3.63, 3.8) is 0 Å². The number of nitrogens with one attached hydrogen (secondary N) is 2. The molecule has 0 aliphatic carbocycles. The van der Waals surface area contributed by atoms with Crippen LogP contribution in [0.2, 0.25) is 5.02 Å². The summed E-state index contributed by atoms with van der Waals surface area (Å²) in [7, 11) is 0. The van der Waals surface area contributed by atoms with Gasteiger partial charge < -0.3 is 15.4 Å². The van der Waals surface area contributed by atoms with Gasteiger partial charge in [0, 0.05) is 12.1 Å². The Labute approximate surface area is 162 Å². The highest BCUT2D eigenvalue weighted by molar-refractivity contribution is 6.33. The number of aryl methyl sites for hydroxylation is 1. The van der Waals surface area contributed by atoms with Gasteiger partial charge in [0.25, 0.3) is 5.91 Å². The highest BCUT2D eigenvalue weighted by Crippen LogP contribution is 2.20. The molecule has 6 nitrogen and oxygen atoms in total. The van der Waals surface area contributed by atoms with Gasteiger partial charge in [-0.15, -0.1) is 0 Å². The van der Waals surface area contributed by atoms with Gasteiger partial charge in [-0.2, -0.15) is 0 Å². The monoisotopic (exact) mass is 388 g/mol. The summed E-state index contributed by atoms with van der Waals surface area (Å²) in [5, 5.41) is 5.67. The van der Waals surface area contributed by atoms with Crippen LogP contribution in [-0.2, 0) is 25.5 Å². The standard InChI is InChI=1S/C20H21ClN2O4/c1-2-14-7-9-15(10-8-14)22-19(25)13-27-20(26)12-11-18(24)23-17-6-4-3-5-16(17)21/h3-10H,2,11-13H2,1H3,(H,22,25)(H,23,24). The lowest BCUT2D eigenvalue weighted by atomic mass is 10.1. The first kappa shape index (κ1) is 20.5. The molecule has 0 fully saturated rings. The van der Waals surface area contributed by atoms with Crippen molar-refractivity contribution in [2.75, 3.05) is 17.2 Å². The Bertz CT molecular complexity index is 806. The molecule has 0 radical (unpaired) electrons. The first-order valence-electron chi connectivity index (χ1n) is 8.56. The Morgan fingerprint density at radius 1 is 0.926 bits per heavy atom. The number of hydrogen-bond acceptors (Lipinski definition) is 4. The van der Waals surface area contributed by atoms with E-state index >= 15 is 0 Å². The van der Waals surface area contributed by atoms with Crippen molar-refractivity contribution < 1.29 is 19.1 Å². The SMILES string of the molecule is CCc1ccc(NC(=O)COC(=O)CCC(=O)Nc2ccccc2Cl)cc1. The van der Waals surface area contributed by atoms with E-state index in [-0.39, 0.29) is 18.7 Å². The molecule has 0 heterocycles. The third-order valence-electron chi connectivity index (χ3n) is 3.71. The van der Waals surface area contributed by atoms with Crippen molar-refractivity contribution in [2.24, 2.45) is 0 Å². The maximum Gasteiger partial charge on any atom is 0.306 e. The highest BCUT2D eigenvalue weighted by Gasteiger charge is 2.11. The molecule has 0 spiro atoms. The summed E-state index contributed by atoms with van der Waals surface area (Å²) in [6.45, 7) is 1.64. The van der Waals surface area contributed by atoms with Crippen LogP contribution in [0.15, 0.2) is 48.5 Å². The molecule has 2 aromatic rings. The lowest BCUT2D eigenvalue weighted by Crippen LogP contribution is -2.21. The average molecular weight is 389 g/mol. The van der Waals surface area contributed by atoms with Gasteiger partial charge in [-0.05, 0) is 36.2 Å². The predicted molar refractivity (Wildman–Crippen MR) is 105 cm³/mol. The summed E-state index contributed by atoms with van der Waals surface area (Å²) >= 11 is 5.95. The predicted octanol–water partition coefficient (Wildman–Crippen LogP) is 3.80. The number of hydrogen-bond donors (Lipinski definition) is 2. The van der Waals surface area contributed by atoms with Crippen molar-refractivity contribution in [3.8, 4) is 0 Å². The molecule has 0 saturated heterocycles. The number of amides is 2. The second-order valence-electron chi connectivity index (χ2n) is 5.79. The Hall–Kier alpha value is -2.86. The maximum absolute atomic E-state index is 11.8. The van der Waals surface area contributed by atoms with E-state index in [1.54, 1.807) is 36.4 Å². The quantitative estimate of drug-likeness (QED) is 0.673. The zero-order chi connectivity index (χ0) is 19.6. The Balaban J connectivity index is 1.68. The molecule has 2 N–H and O–H groups in total. The number of anilines is 2. The zero-order valence-electron chi connectivity index (χ0n) is 15.0. The molecule has 2 aromatic carbocycles. The van der Waals surface area contributed by atoms with E-state index in [1.165, 1.54) is 0 Å². The summed E-state index contributed by atoms with van der Waals surface area (Å²) in [4.78, 5) is 35.3. The van der Waals surface area contributed by atoms with Crippen LogP contribution >= 0.6 is 11.6 Å². The van der Waals surface area contributed by atoms with Gasteiger partial charge in [0.1, 0.15) is 0 Å². The normalized spacial score (nSPS) is 10.1. The molecule has 2 amide bonds. The van der Waals surface area contributed by atoms with Crippen molar-refractivity contribution >= 4 is 40.8 Å². The minimum atomic E-state index is -0.624. The van der Waals surface area contributed by atoms with Gasteiger partial charge >= 0.3 is 5.97 Å². The Kier molecular flexibility index (Phi) is 7.82. The number of para-hydroxylation sites is 1. The zero-order valence-corrected chi connectivity index (χ0v) is 15.7. The van der Waals surface area contributed by atoms with Crippen LogP contribution in [0.25, 0.3) is 0 Å². The molecule has 0 saturated carbocycles. The summed E-state index contributed by atoms with van der Waals surface area (Å²) in [5.74, 6) is -1.42. The summed E-state index contributed by atoms with van der Waals surface area (Å²) in [5.41, 5.74) is 2.27. The second kappa shape index (κ2) is 10.3. The van der Waals surface area contributed by atoms with Gasteiger partial charge in [-0.1, -0.05) is 42.8 Å². The molecule has 0 aliphatic heterocycles. The molecule has 0 bridgehead atoms. The fourth-order valence-corrected chi connectivity index (χ4v) is 2.41. The van der Waals surface area contributed by atoms with Crippen molar-refractivity contribution in [2.45, 2.75) is 26.2 Å². The number of benzene rings is 2. The van der Waals surface area contributed by atoms with Crippen molar-refractivity contribution in [1.29, 1.82) is 0 Å². The van der Waals surface area contributed by atoms with Crippen LogP contribution in [0.1, 0.15) is 25.3 Å². The third kappa shape index (κ3) is 7.11. The molecule has 0 aliphatic rings. The summed E-state index contributed by atoms with van der Waals surface area (Å²) < 4.78 is 4.89. The molecule has 0 unspecified atom stereocenters.